The van der Waals surface area contributed by atoms with Crippen molar-refractivity contribution in [3.63, 3.8) is 0 Å². The largest absolute Gasteiger partial charge is 0.423 e. The van der Waals surface area contributed by atoms with Gasteiger partial charge in [0.15, 0.2) is 0 Å². The van der Waals surface area contributed by atoms with Gasteiger partial charge in [-0.1, -0.05) is 51.6 Å². The Morgan fingerprint density at radius 3 is 2.37 bits per heavy atom. The van der Waals surface area contributed by atoms with E-state index in [4.69, 9.17) is 4.74 Å². The number of fused-ring (bicyclic) bond motifs is 1. The SMILES string of the molecule is C=CC(=O)Oc1ccc2cc(C(C)(C)C)ccc2c1. The molecule has 0 saturated carbocycles. The van der Waals surface area contributed by atoms with E-state index in [9.17, 15) is 4.79 Å². The molecular formula is C17H18O2. The fourth-order valence-electron chi connectivity index (χ4n) is 1.91. The molecule has 0 aliphatic rings. The molecule has 2 aromatic rings. The van der Waals surface area contributed by atoms with Crippen molar-refractivity contribution in [1.82, 2.24) is 0 Å². The number of benzene rings is 2. The molecule has 0 bridgehead atoms. The molecule has 0 atom stereocenters. The van der Waals surface area contributed by atoms with Crippen LogP contribution < -0.4 is 4.74 Å². The van der Waals surface area contributed by atoms with Crippen molar-refractivity contribution in [1.29, 1.82) is 0 Å². The zero-order valence-corrected chi connectivity index (χ0v) is 11.6. The lowest BCUT2D eigenvalue weighted by atomic mass is 9.86. The fraction of sp³-hybridized carbons (Fsp3) is 0.235. The zero-order valence-electron chi connectivity index (χ0n) is 11.6. The maximum Gasteiger partial charge on any atom is 0.335 e. The van der Waals surface area contributed by atoms with E-state index in [2.05, 4.69) is 45.5 Å². The van der Waals surface area contributed by atoms with Crippen LogP contribution >= 0.6 is 0 Å². The molecular weight excluding hydrogens is 236 g/mol. The molecule has 0 saturated heterocycles. The van der Waals surface area contributed by atoms with Gasteiger partial charge in [0, 0.05) is 6.08 Å². The summed E-state index contributed by atoms with van der Waals surface area (Å²) in [6, 6.07) is 12.0. The number of rotatable bonds is 2. The van der Waals surface area contributed by atoms with Crippen molar-refractivity contribution in [3.05, 3.63) is 54.6 Å². The molecule has 0 radical (unpaired) electrons. The van der Waals surface area contributed by atoms with Crippen LogP contribution in [0, 0.1) is 0 Å². The summed E-state index contributed by atoms with van der Waals surface area (Å²) in [6.07, 6.45) is 1.16. The molecule has 98 valence electrons. The Kier molecular flexibility index (Phi) is 3.43. The summed E-state index contributed by atoms with van der Waals surface area (Å²) in [7, 11) is 0. The molecule has 0 N–H and O–H groups in total. The smallest absolute Gasteiger partial charge is 0.335 e. The first-order valence-electron chi connectivity index (χ1n) is 6.29. The van der Waals surface area contributed by atoms with Crippen molar-refractivity contribution < 1.29 is 9.53 Å². The molecule has 2 rings (SSSR count). The van der Waals surface area contributed by atoms with Crippen LogP contribution in [0.4, 0.5) is 0 Å². The van der Waals surface area contributed by atoms with Crippen molar-refractivity contribution in [3.8, 4) is 5.75 Å². The quantitative estimate of drug-likeness (QED) is 0.455. The van der Waals surface area contributed by atoms with Crippen LogP contribution in [-0.4, -0.2) is 5.97 Å². The Morgan fingerprint density at radius 1 is 1.11 bits per heavy atom. The highest BCUT2D eigenvalue weighted by Gasteiger charge is 2.13. The average molecular weight is 254 g/mol. The van der Waals surface area contributed by atoms with E-state index in [1.807, 2.05) is 12.1 Å². The maximum absolute atomic E-state index is 11.2. The van der Waals surface area contributed by atoms with E-state index in [1.165, 1.54) is 5.56 Å². The van der Waals surface area contributed by atoms with Gasteiger partial charge < -0.3 is 4.74 Å². The number of carbonyl (C=O) groups is 1. The van der Waals surface area contributed by atoms with Gasteiger partial charge in [-0.2, -0.15) is 0 Å². The van der Waals surface area contributed by atoms with Crippen LogP contribution in [0.2, 0.25) is 0 Å². The molecule has 0 aromatic heterocycles. The highest BCUT2D eigenvalue weighted by atomic mass is 16.5. The minimum atomic E-state index is -0.439. The number of hydrogen-bond donors (Lipinski definition) is 0. The predicted octanol–water partition coefficient (Wildman–Crippen LogP) is 4.23. The van der Waals surface area contributed by atoms with E-state index < -0.39 is 5.97 Å². The molecule has 0 unspecified atom stereocenters. The van der Waals surface area contributed by atoms with Crippen LogP contribution in [0.1, 0.15) is 26.3 Å². The standard InChI is InChI=1S/C17H18O2/c1-5-16(18)19-15-9-7-12-10-14(17(2,3)4)8-6-13(12)11-15/h5-11H,1H2,2-4H3. The van der Waals surface area contributed by atoms with Crippen molar-refractivity contribution >= 4 is 16.7 Å². The third kappa shape index (κ3) is 3.02. The van der Waals surface area contributed by atoms with Crippen LogP contribution in [0.25, 0.3) is 10.8 Å². The van der Waals surface area contributed by atoms with Gasteiger partial charge in [-0.05, 0) is 33.9 Å². The predicted molar refractivity (Wildman–Crippen MR) is 78.5 cm³/mol. The van der Waals surface area contributed by atoms with E-state index in [-0.39, 0.29) is 5.41 Å². The zero-order chi connectivity index (χ0) is 14.0. The minimum absolute atomic E-state index is 0.127. The van der Waals surface area contributed by atoms with Crippen LogP contribution in [-0.2, 0) is 10.2 Å². The van der Waals surface area contributed by atoms with E-state index >= 15 is 0 Å². The van der Waals surface area contributed by atoms with Gasteiger partial charge >= 0.3 is 5.97 Å². The Bertz CT molecular complexity index is 633. The Hall–Kier alpha value is -2.09. The van der Waals surface area contributed by atoms with Gasteiger partial charge in [-0.3, -0.25) is 0 Å². The molecule has 2 heteroatoms. The number of hydrogen-bond acceptors (Lipinski definition) is 2. The molecule has 2 aromatic carbocycles. The second-order valence-corrected chi connectivity index (χ2v) is 5.60. The Morgan fingerprint density at radius 2 is 1.74 bits per heavy atom. The second kappa shape index (κ2) is 4.88. The number of esters is 1. The molecule has 0 fully saturated rings. The van der Waals surface area contributed by atoms with Gasteiger partial charge in [0.05, 0.1) is 0 Å². The summed E-state index contributed by atoms with van der Waals surface area (Å²) in [5.74, 6) is 0.103. The summed E-state index contributed by atoms with van der Waals surface area (Å²) in [5, 5.41) is 2.20. The lowest BCUT2D eigenvalue weighted by Gasteiger charge is -2.19. The third-order valence-corrected chi connectivity index (χ3v) is 3.06. The summed E-state index contributed by atoms with van der Waals surface area (Å²) < 4.78 is 5.11. The van der Waals surface area contributed by atoms with E-state index in [0.29, 0.717) is 5.75 Å². The first-order valence-corrected chi connectivity index (χ1v) is 6.29. The lowest BCUT2D eigenvalue weighted by molar-refractivity contribution is -0.128. The Balaban J connectivity index is 2.40. The molecule has 0 spiro atoms. The summed E-state index contributed by atoms with van der Waals surface area (Å²) >= 11 is 0. The van der Waals surface area contributed by atoms with Gasteiger partial charge in [-0.25, -0.2) is 4.79 Å². The normalized spacial score (nSPS) is 11.3. The molecule has 0 amide bonds. The Labute approximate surface area is 113 Å². The van der Waals surface area contributed by atoms with E-state index in [0.717, 1.165) is 16.8 Å². The second-order valence-electron chi connectivity index (χ2n) is 5.60. The highest BCUT2D eigenvalue weighted by Crippen LogP contribution is 2.28. The topological polar surface area (TPSA) is 26.3 Å². The van der Waals surface area contributed by atoms with Crippen molar-refractivity contribution in [2.24, 2.45) is 0 Å². The van der Waals surface area contributed by atoms with Crippen LogP contribution in [0.5, 0.6) is 5.75 Å². The van der Waals surface area contributed by atoms with Gasteiger partial charge in [-0.15, -0.1) is 0 Å². The molecule has 0 aliphatic heterocycles. The molecule has 0 heterocycles. The van der Waals surface area contributed by atoms with Gasteiger partial charge in [0.1, 0.15) is 5.75 Å². The highest BCUT2D eigenvalue weighted by molar-refractivity contribution is 5.87. The van der Waals surface area contributed by atoms with Crippen LogP contribution in [0.3, 0.4) is 0 Å². The first-order chi connectivity index (χ1) is 8.90. The van der Waals surface area contributed by atoms with Crippen molar-refractivity contribution in [2.45, 2.75) is 26.2 Å². The third-order valence-electron chi connectivity index (χ3n) is 3.06. The van der Waals surface area contributed by atoms with Gasteiger partial charge in [0.2, 0.25) is 0 Å². The van der Waals surface area contributed by atoms with E-state index in [1.54, 1.807) is 6.07 Å². The minimum Gasteiger partial charge on any atom is -0.423 e. The number of carbonyl (C=O) groups excluding carboxylic acids is 1. The van der Waals surface area contributed by atoms with Crippen molar-refractivity contribution in [2.75, 3.05) is 0 Å². The first kappa shape index (κ1) is 13.3. The molecule has 0 aliphatic carbocycles. The average Bonchev–Trinajstić information content (AvgIpc) is 2.36. The monoisotopic (exact) mass is 254 g/mol. The molecule has 2 nitrogen and oxygen atoms in total. The number of ether oxygens (including phenoxy) is 1. The summed E-state index contributed by atoms with van der Waals surface area (Å²) in [4.78, 5) is 11.2. The fourth-order valence-corrected chi connectivity index (χ4v) is 1.91. The lowest BCUT2D eigenvalue weighted by Crippen LogP contribution is -2.10. The van der Waals surface area contributed by atoms with Gasteiger partial charge in [0.25, 0.3) is 0 Å². The van der Waals surface area contributed by atoms with Crippen LogP contribution in [0.15, 0.2) is 49.1 Å². The maximum atomic E-state index is 11.2. The summed E-state index contributed by atoms with van der Waals surface area (Å²) in [6.45, 7) is 9.95. The summed E-state index contributed by atoms with van der Waals surface area (Å²) in [5.41, 5.74) is 1.41. The molecule has 19 heavy (non-hydrogen) atoms.